The highest BCUT2D eigenvalue weighted by Crippen LogP contribution is 2.36. The minimum atomic E-state index is -0.645. The molecule has 120 valence electrons. The van der Waals surface area contributed by atoms with Crippen LogP contribution in [0.2, 0.25) is 0 Å². The van der Waals surface area contributed by atoms with Gasteiger partial charge in [-0.1, -0.05) is 0 Å². The number of ether oxygens (including phenoxy) is 2. The molecule has 1 aromatic rings. The highest BCUT2D eigenvalue weighted by atomic mass is 16.6. The zero-order valence-electron chi connectivity index (χ0n) is 12.5. The summed E-state index contributed by atoms with van der Waals surface area (Å²) in [7, 11) is 2.63. The van der Waals surface area contributed by atoms with Gasteiger partial charge in [-0.15, -0.1) is 0 Å². The van der Waals surface area contributed by atoms with Gasteiger partial charge in [0.15, 0.2) is 5.69 Å². The SMILES string of the molecule is COC(=O)c1cc(OC)c(NC[C@H]2CCNC2)c([N+](=O)[O-])c1. The first-order valence-corrected chi connectivity index (χ1v) is 6.96. The van der Waals surface area contributed by atoms with Gasteiger partial charge in [-0.05, 0) is 31.5 Å². The molecule has 0 unspecified atom stereocenters. The Kier molecular flexibility index (Phi) is 5.16. The third-order valence-corrected chi connectivity index (χ3v) is 3.65. The largest absolute Gasteiger partial charge is 0.494 e. The third kappa shape index (κ3) is 3.45. The number of nitro groups is 1. The Morgan fingerprint density at radius 3 is 2.82 bits per heavy atom. The Hall–Kier alpha value is -2.35. The first-order valence-electron chi connectivity index (χ1n) is 6.96. The summed E-state index contributed by atoms with van der Waals surface area (Å²) in [5, 5.41) is 17.6. The maximum absolute atomic E-state index is 11.6. The van der Waals surface area contributed by atoms with Gasteiger partial charge in [0.1, 0.15) is 5.75 Å². The highest BCUT2D eigenvalue weighted by molar-refractivity contribution is 5.92. The Bertz CT molecular complexity index is 570. The lowest BCUT2D eigenvalue weighted by Crippen LogP contribution is -2.18. The van der Waals surface area contributed by atoms with E-state index in [1.165, 1.54) is 26.4 Å². The van der Waals surface area contributed by atoms with Crippen LogP contribution in [-0.4, -0.2) is 44.7 Å². The second-order valence-electron chi connectivity index (χ2n) is 5.06. The van der Waals surface area contributed by atoms with Gasteiger partial charge in [0.2, 0.25) is 0 Å². The molecule has 1 atom stereocenters. The predicted octanol–water partition coefficient (Wildman–Crippen LogP) is 1.41. The summed E-state index contributed by atoms with van der Waals surface area (Å²) in [4.78, 5) is 22.4. The summed E-state index contributed by atoms with van der Waals surface area (Å²) in [6.07, 6.45) is 1.02. The predicted molar refractivity (Wildman–Crippen MR) is 80.5 cm³/mol. The van der Waals surface area contributed by atoms with Crippen LogP contribution in [0.15, 0.2) is 12.1 Å². The van der Waals surface area contributed by atoms with Crippen molar-refractivity contribution in [1.82, 2.24) is 5.32 Å². The number of benzene rings is 1. The molecular formula is C14H19N3O5. The Morgan fingerprint density at radius 2 is 2.27 bits per heavy atom. The van der Waals surface area contributed by atoms with Crippen LogP contribution in [-0.2, 0) is 4.74 Å². The minimum absolute atomic E-state index is 0.0825. The monoisotopic (exact) mass is 309 g/mol. The fourth-order valence-electron chi connectivity index (χ4n) is 2.45. The molecule has 0 amide bonds. The maximum atomic E-state index is 11.6. The van der Waals surface area contributed by atoms with E-state index < -0.39 is 10.9 Å². The van der Waals surface area contributed by atoms with Gasteiger partial charge in [-0.2, -0.15) is 0 Å². The number of carbonyl (C=O) groups excluding carboxylic acids is 1. The van der Waals surface area contributed by atoms with Crippen LogP contribution in [0.3, 0.4) is 0 Å². The number of hydrogen-bond acceptors (Lipinski definition) is 7. The van der Waals surface area contributed by atoms with E-state index in [-0.39, 0.29) is 22.7 Å². The lowest BCUT2D eigenvalue weighted by atomic mass is 10.1. The first-order chi connectivity index (χ1) is 10.6. The van der Waals surface area contributed by atoms with Crippen LogP contribution in [0.25, 0.3) is 0 Å². The number of nitro benzene ring substituents is 1. The molecule has 1 aliphatic rings. The summed E-state index contributed by atoms with van der Waals surface area (Å²) >= 11 is 0. The third-order valence-electron chi connectivity index (χ3n) is 3.65. The Balaban J connectivity index is 2.32. The normalized spacial score (nSPS) is 17.1. The van der Waals surface area contributed by atoms with E-state index in [0.29, 0.717) is 12.5 Å². The molecule has 1 saturated heterocycles. The standard InChI is InChI=1S/C14H19N3O5/c1-21-12-6-10(14(18)22-2)5-11(17(19)20)13(12)16-8-9-3-4-15-7-9/h5-6,9,15-16H,3-4,7-8H2,1-2H3/t9-/m0/s1. The Labute approximate surface area is 127 Å². The molecule has 0 aliphatic carbocycles. The van der Waals surface area contributed by atoms with E-state index in [4.69, 9.17) is 4.74 Å². The van der Waals surface area contributed by atoms with E-state index >= 15 is 0 Å². The zero-order chi connectivity index (χ0) is 16.1. The molecule has 8 heteroatoms. The fraction of sp³-hybridized carbons (Fsp3) is 0.500. The van der Waals surface area contributed by atoms with Crippen molar-refractivity contribution in [3.63, 3.8) is 0 Å². The summed E-state index contributed by atoms with van der Waals surface area (Å²) < 4.78 is 9.80. The van der Waals surface area contributed by atoms with Gasteiger partial charge in [-0.25, -0.2) is 4.79 Å². The molecule has 1 fully saturated rings. The molecule has 1 aliphatic heterocycles. The molecule has 0 bridgehead atoms. The number of anilines is 1. The van der Waals surface area contributed by atoms with Gasteiger partial charge >= 0.3 is 5.97 Å². The number of esters is 1. The first kappa shape index (κ1) is 16.0. The van der Waals surface area contributed by atoms with Crippen molar-refractivity contribution >= 4 is 17.3 Å². The number of carbonyl (C=O) groups is 1. The molecule has 8 nitrogen and oxygen atoms in total. The molecule has 1 aromatic carbocycles. The number of nitrogens with zero attached hydrogens (tertiary/aromatic N) is 1. The van der Waals surface area contributed by atoms with Gasteiger partial charge in [0, 0.05) is 12.6 Å². The van der Waals surface area contributed by atoms with Crippen LogP contribution in [0.1, 0.15) is 16.8 Å². The average molecular weight is 309 g/mol. The molecule has 2 N–H and O–H groups in total. The zero-order valence-corrected chi connectivity index (χ0v) is 12.5. The van der Waals surface area contributed by atoms with Crippen molar-refractivity contribution < 1.29 is 19.2 Å². The van der Waals surface area contributed by atoms with E-state index in [9.17, 15) is 14.9 Å². The van der Waals surface area contributed by atoms with Crippen molar-refractivity contribution in [2.45, 2.75) is 6.42 Å². The fourth-order valence-corrected chi connectivity index (χ4v) is 2.45. The maximum Gasteiger partial charge on any atom is 0.338 e. The molecule has 1 heterocycles. The number of hydrogen-bond donors (Lipinski definition) is 2. The summed E-state index contributed by atoms with van der Waals surface area (Å²) in [5.41, 5.74) is 0.164. The van der Waals surface area contributed by atoms with E-state index in [1.807, 2.05) is 0 Å². The van der Waals surface area contributed by atoms with E-state index in [0.717, 1.165) is 19.5 Å². The molecule has 2 rings (SSSR count). The van der Waals surface area contributed by atoms with Crippen LogP contribution in [0, 0.1) is 16.0 Å². The highest BCUT2D eigenvalue weighted by Gasteiger charge is 2.24. The van der Waals surface area contributed by atoms with Crippen LogP contribution in [0.4, 0.5) is 11.4 Å². The summed E-state index contributed by atoms with van der Waals surface area (Å²) in [6, 6.07) is 2.64. The molecular weight excluding hydrogens is 290 g/mol. The Morgan fingerprint density at radius 1 is 1.50 bits per heavy atom. The average Bonchev–Trinajstić information content (AvgIpc) is 3.04. The van der Waals surface area contributed by atoms with Crippen LogP contribution in [0.5, 0.6) is 5.75 Å². The minimum Gasteiger partial charge on any atom is -0.494 e. The van der Waals surface area contributed by atoms with Gasteiger partial charge in [0.05, 0.1) is 24.7 Å². The van der Waals surface area contributed by atoms with Crippen molar-refractivity contribution in [3.05, 3.63) is 27.8 Å². The molecule has 0 radical (unpaired) electrons. The van der Waals surface area contributed by atoms with Gasteiger partial charge in [-0.3, -0.25) is 10.1 Å². The number of rotatable bonds is 6. The van der Waals surface area contributed by atoms with Gasteiger partial charge < -0.3 is 20.1 Å². The van der Waals surface area contributed by atoms with E-state index in [1.54, 1.807) is 0 Å². The molecule has 0 saturated carbocycles. The smallest absolute Gasteiger partial charge is 0.338 e. The van der Waals surface area contributed by atoms with Crippen molar-refractivity contribution in [1.29, 1.82) is 0 Å². The quantitative estimate of drug-likeness (QED) is 0.465. The van der Waals surface area contributed by atoms with Crippen molar-refractivity contribution in [2.75, 3.05) is 39.2 Å². The summed E-state index contributed by atoms with van der Waals surface area (Å²) in [5.74, 6) is 0.0121. The van der Waals surface area contributed by atoms with Crippen molar-refractivity contribution in [2.24, 2.45) is 5.92 Å². The number of methoxy groups -OCH3 is 2. The second kappa shape index (κ2) is 7.08. The lowest BCUT2D eigenvalue weighted by molar-refractivity contribution is -0.384. The van der Waals surface area contributed by atoms with E-state index in [2.05, 4.69) is 15.4 Å². The molecule has 0 aromatic heterocycles. The van der Waals surface area contributed by atoms with Crippen LogP contribution >= 0.6 is 0 Å². The van der Waals surface area contributed by atoms with Gasteiger partial charge in [0.25, 0.3) is 5.69 Å². The second-order valence-corrected chi connectivity index (χ2v) is 5.06. The van der Waals surface area contributed by atoms with Crippen LogP contribution < -0.4 is 15.4 Å². The summed E-state index contributed by atoms with van der Waals surface area (Å²) in [6.45, 7) is 2.43. The molecule has 0 spiro atoms. The lowest BCUT2D eigenvalue weighted by Gasteiger charge is -2.15. The topological polar surface area (TPSA) is 103 Å². The van der Waals surface area contributed by atoms with Crippen molar-refractivity contribution in [3.8, 4) is 5.75 Å². The molecule has 22 heavy (non-hydrogen) atoms. The number of nitrogens with one attached hydrogen (secondary N) is 2.